The zero-order valence-corrected chi connectivity index (χ0v) is 13.5. The van der Waals surface area contributed by atoms with Crippen LogP contribution in [0.3, 0.4) is 0 Å². The van der Waals surface area contributed by atoms with Gasteiger partial charge < -0.3 is 0 Å². The molecule has 0 aliphatic carbocycles. The lowest BCUT2D eigenvalue weighted by molar-refractivity contribution is 0.0970. The quantitative estimate of drug-likeness (QED) is 0.742. The van der Waals surface area contributed by atoms with Crippen LogP contribution < -0.4 is 4.87 Å². The minimum atomic E-state index is -0.0960. The van der Waals surface area contributed by atoms with Crippen LogP contribution in [0.1, 0.15) is 16.1 Å². The van der Waals surface area contributed by atoms with Gasteiger partial charge in [0.05, 0.1) is 14.1 Å². The van der Waals surface area contributed by atoms with E-state index in [-0.39, 0.29) is 17.2 Å². The van der Waals surface area contributed by atoms with E-state index in [1.807, 2.05) is 6.92 Å². The van der Waals surface area contributed by atoms with Crippen LogP contribution in [0.15, 0.2) is 23.8 Å². The second-order valence-electron chi connectivity index (χ2n) is 3.39. The van der Waals surface area contributed by atoms with E-state index in [9.17, 15) is 9.59 Å². The smallest absolute Gasteiger partial charge is 0.296 e. The normalized spacial score (nSPS) is 10.8. The zero-order chi connectivity index (χ0) is 12.6. The summed E-state index contributed by atoms with van der Waals surface area (Å²) in [5.41, 5.74) is 1.43. The first kappa shape index (κ1) is 13.2. The number of thiazole rings is 1. The molecule has 0 N–H and O–H groups in total. The Labute approximate surface area is 122 Å². The summed E-state index contributed by atoms with van der Waals surface area (Å²) in [6.07, 6.45) is 0. The number of thiophene rings is 1. The molecule has 0 spiro atoms. The van der Waals surface area contributed by atoms with Crippen LogP contribution in [-0.2, 0) is 6.54 Å². The Morgan fingerprint density at radius 2 is 2.18 bits per heavy atom. The molecule has 17 heavy (non-hydrogen) atoms. The fourth-order valence-electron chi connectivity index (χ4n) is 1.36. The molecular formula is C10H7Br2NO2S2. The van der Waals surface area contributed by atoms with Crippen LogP contribution in [0.4, 0.5) is 0 Å². The molecule has 0 atom stereocenters. The first-order chi connectivity index (χ1) is 7.99. The third-order valence-electron chi connectivity index (χ3n) is 2.24. The van der Waals surface area contributed by atoms with Crippen molar-refractivity contribution >= 4 is 60.3 Å². The van der Waals surface area contributed by atoms with Crippen molar-refractivity contribution in [2.24, 2.45) is 0 Å². The third-order valence-corrected chi connectivity index (χ3v) is 5.46. The summed E-state index contributed by atoms with van der Waals surface area (Å²) >= 11 is 9.23. The molecule has 0 aliphatic rings. The minimum Gasteiger partial charge on any atom is -0.296 e. The summed E-state index contributed by atoms with van der Waals surface area (Å²) in [6.45, 7) is 1.92. The van der Waals surface area contributed by atoms with E-state index in [4.69, 9.17) is 0 Å². The number of aryl methyl sites for hydroxylation is 1. The van der Waals surface area contributed by atoms with Crippen molar-refractivity contribution in [2.45, 2.75) is 13.5 Å². The van der Waals surface area contributed by atoms with E-state index in [2.05, 4.69) is 31.9 Å². The molecule has 0 aromatic carbocycles. The maximum Gasteiger partial charge on any atom is 0.307 e. The van der Waals surface area contributed by atoms with E-state index in [0.29, 0.717) is 5.56 Å². The molecule has 0 saturated heterocycles. The summed E-state index contributed by atoms with van der Waals surface area (Å²) in [6, 6.07) is 1.77. The Bertz CT molecular complexity index is 627. The monoisotopic (exact) mass is 395 g/mol. The standard InChI is InChI=1S/C10H7Br2NO2S2/c1-5-4-16-10(15)13(5)3-7(14)6-2-8(11)17-9(6)12/h2,4H,3H2,1H3. The zero-order valence-electron chi connectivity index (χ0n) is 8.70. The van der Waals surface area contributed by atoms with Gasteiger partial charge in [0, 0.05) is 16.6 Å². The highest BCUT2D eigenvalue weighted by atomic mass is 79.9. The maximum atomic E-state index is 12.1. The summed E-state index contributed by atoms with van der Waals surface area (Å²) in [5.74, 6) is -0.0672. The van der Waals surface area contributed by atoms with Crippen molar-refractivity contribution in [3.05, 3.63) is 39.9 Å². The van der Waals surface area contributed by atoms with Gasteiger partial charge in [0.2, 0.25) is 0 Å². The molecule has 7 heteroatoms. The molecule has 0 saturated carbocycles. The number of nitrogens with zero attached hydrogens (tertiary/aromatic N) is 1. The Morgan fingerprint density at radius 1 is 1.47 bits per heavy atom. The van der Waals surface area contributed by atoms with Crippen molar-refractivity contribution < 1.29 is 4.79 Å². The van der Waals surface area contributed by atoms with Crippen molar-refractivity contribution in [3.8, 4) is 0 Å². The lowest BCUT2D eigenvalue weighted by atomic mass is 10.2. The SMILES string of the molecule is Cc1csc(=O)n1CC(=O)c1cc(Br)sc1Br. The molecule has 2 rings (SSSR count). The topological polar surface area (TPSA) is 39.1 Å². The molecule has 2 heterocycles. The van der Waals surface area contributed by atoms with Crippen LogP contribution in [0.5, 0.6) is 0 Å². The molecule has 3 nitrogen and oxygen atoms in total. The van der Waals surface area contributed by atoms with Crippen molar-refractivity contribution in [1.82, 2.24) is 4.57 Å². The molecule has 0 radical (unpaired) electrons. The molecule has 0 aliphatic heterocycles. The Morgan fingerprint density at radius 3 is 2.65 bits per heavy atom. The average Bonchev–Trinajstić information content (AvgIpc) is 2.74. The predicted molar refractivity (Wildman–Crippen MR) is 77.4 cm³/mol. The molecule has 0 amide bonds. The van der Waals surface area contributed by atoms with E-state index < -0.39 is 0 Å². The highest BCUT2D eigenvalue weighted by Gasteiger charge is 2.15. The number of ketones is 1. The largest absolute Gasteiger partial charge is 0.307 e. The molecule has 0 unspecified atom stereocenters. The number of hydrogen-bond acceptors (Lipinski definition) is 4. The maximum absolute atomic E-state index is 12.1. The van der Waals surface area contributed by atoms with Crippen molar-refractivity contribution in [1.29, 1.82) is 0 Å². The number of Topliss-reactive ketones (excluding diaryl/α,β-unsaturated/α-hetero) is 1. The average molecular weight is 397 g/mol. The molecule has 2 aromatic heterocycles. The summed E-state index contributed by atoms with van der Waals surface area (Å²) in [5, 5.41) is 1.76. The number of aromatic nitrogens is 1. The number of hydrogen-bond donors (Lipinski definition) is 0. The van der Waals surface area contributed by atoms with Crippen LogP contribution in [-0.4, -0.2) is 10.4 Å². The summed E-state index contributed by atoms with van der Waals surface area (Å²) in [7, 11) is 0. The first-order valence-electron chi connectivity index (χ1n) is 4.62. The van der Waals surface area contributed by atoms with Gasteiger partial charge in [-0.2, -0.15) is 0 Å². The van der Waals surface area contributed by atoms with Gasteiger partial charge in [-0.15, -0.1) is 11.3 Å². The van der Waals surface area contributed by atoms with E-state index in [0.717, 1.165) is 24.6 Å². The fraction of sp³-hybridized carbons (Fsp3) is 0.200. The van der Waals surface area contributed by atoms with Gasteiger partial charge in [-0.3, -0.25) is 14.2 Å². The van der Waals surface area contributed by atoms with E-state index >= 15 is 0 Å². The minimum absolute atomic E-state index is 0.0672. The van der Waals surface area contributed by atoms with Gasteiger partial charge in [-0.25, -0.2) is 0 Å². The van der Waals surface area contributed by atoms with Gasteiger partial charge in [0.1, 0.15) is 0 Å². The Kier molecular flexibility index (Phi) is 4.02. The second-order valence-corrected chi connectivity index (χ2v) is 7.96. The summed E-state index contributed by atoms with van der Waals surface area (Å²) in [4.78, 5) is 23.5. The molecule has 0 fully saturated rings. The molecule has 0 bridgehead atoms. The lowest BCUT2D eigenvalue weighted by Gasteiger charge is -2.02. The molecule has 2 aromatic rings. The third kappa shape index (κ3) is 2.78. The van der Waals surface area contributed by atoms with Crippen molar-refractivity contribution in [3.63, 3.8) is 0 Å². The Balaban J connectivity index is 2.29. The molecule has 90 valence electrons. The van der Waals surface area contributed by atoms with Crippen LogP contribution in [0.25, 0.3) is 0 Å². The van der Waals surface area contributed by atoms with Crippen LogP contribution in [0, 0.1) is 6.92 Å². The number of carbonyl (C=O) groups is 1. The first-order valence-corrected chi connectivity index (χ1v) is 7.90. The molecular weight excluding hydrogens is 390 g/mol. The van der Waals surface area contributed by atoms with Gasteiger partial charge in [-0.1, -0.05) is 11.3 Å². The summed E-state index contributed by atoms with van der Waals surface area (Å²) < 4.78 is 3.17. The number of carbonyl (C=O) groups excluding carboxylic acids is 1. The van der Waals surface area contributed by atoms with E-state index in [1.165, 1.54) is 15.9 Å². The van der Waals surface area contributed by atoms with E-state index in [1.54, 1.807) is 11.4 Å². The van der Waals surface area contributed by atoms with Gasteiger partial charge in [0.25, 0.3) is 0 Å². The number of halogens is 2. The van der Waals surface area contributed by atoms with Gasteiger partial charge in [0.15, 0.2) is 5.78 Å². The highest BCUT2D eigenvalue weighted by molar-refractivity contribution is 9.12. The fourth-order valence-corrected chi connectivity index (χ4v) is 4.95. The second kappa shape index (κ2) is 5.17. The van der Waals surface area contributed by atoms with Crippen LogP contribution in [0.2, 0.25) is 0 Å². The predicted octanol–water partition coefficient (Wildman–Crippen LogP) is 3.69. The van der Waals surface area contributed by atoms with Crippen molar-refractivity contribution in [2.75, 3.05) is 0 Å². The Hall–Kier alpha value is -0.240. The highest BCUT2D eigenvalue weighted by Crippen LogP contribution is 2.32. The number of rotatable bonds is 3. The lowest BCUT2D eigenvalue weighted by Crippen LogP contribution is -2.20. The van der Waals surface area contributed by atoms with Gasteiger partial charge >= 0.3 is 4.87 Å². The van der Waals surface area contributed by atoms with Crippen LogP contribution >= 0.6 is 54.5 Å². The van der Waals surface area contributed by atoms with Gasteiger partial charge in [-0.05, 0) is 44.8 Å².